The number of benzene rings is 2. The molecule has 0 amide bonds. The van der Waals surface area contributed by atoms with E-state index in [1.165, 1.54) is 6.07 Å². The van der Waals surface area contributed by atoms with E-state index in [0.29, 0.717) is 17.9 Å². The Bertz CT molecular complexity index is 750. The molecule has 0 aliphatic rings. The van der Waals surface area contributed by atoms with E-state index in [-0.39, 0.29) is 5.82 Å². The quantitative estimate of drug-likeness (QED) is 0.741. The largest absolute Gasteiger partial charge is 0.497 e. The van der Waals surface area contributed by atoms with Crippen LogP contribution in [0.15, 0.2) is 65.1 Å². The average molecular weight is 297 g/mol. The summed E-state index contributed by atoms with van der Waals surface area (Å²) in [5.41, 5.74) is 1.43. The highest BCUT2D eigenvalue weighted by molar-refractivity contribution is 5.58. The van der Waals surface area contributed by atoms with Crippen LogP contribution >= 0.6 is 0 Å². The van der Waals surface area contributed by atoms with E-state index in [0.717, 1.165) is 17.2 Å². The summed E-state index contributed by atoms with van der Waals surface area (Å²) in [6.45, 7) is 0.529. The molecule has 0 aliphatic heterocycles. The van der Waals surface area contributed by atoms with Crippen molar-refractivity contribution in [3.05, 3.63) is 72.2 Å². The molecule has 3 rings (SSSR count). The smallest absolute Gasteiger partial charge is 0.137 e. The third kappa shape index (κ3) is 3.11. The van der Waals surface area contributed by atoms with Crippen molar-refractivity contribution in [2.24, 2.45) is 0 Å². The Labute approximate surface area is 128 Å². The van der Waals surface area contributed by atoms with Crippen molar-refractivity contribution >= 4 is 5.69 Å². The summed E-state index contributed by atoms with van der Waals surface area (Å²) in [4.78, 5) is 0. The molecule has 0 bridgehead atoms. The van der Waals surface area contributed by atoms with Crippen LogP contribution in [0.1, 0.15) is 5.76 Å². The number of halogens is 1. The van der Waals surface area contributed by atoms with Gasteiger partial charge in [-0.1, -0.05) is 12.1 Å². The van der Waals surface area contributed by atoms with Gasteiger partial charge < -0.3 is 14.5 Å². The van der Waals surface area contributed by atoms with Crippen LogP contribution in [0.2, 0.25) is 0 Å². The van der Waals surface area contributed by atoms with Crippen molar-refractivity contribution in [3.8, 4) is 17.1 Å². The number of hydrogen-bond donors (Lipinski definition) is 1. The van der Waals surface area contributed by atoms with E-state index in [1.54, 1.807) is 31.4 Å². The lowest BCUT2D eigenvalue weighted by atomic mass is 10.1. The van der Waals surface area contributed by atoms with Crippen LogP contribution in [0.3, 0.4) is 0 Å². The molecule has 22 heavy (non-hydrogen) atoms. The lowest BCUT2D eigenvalue weighted by Gasteiger charge is -2.05. The number of rotatable bonds is 5. The number of hydrogen-bond acceptors (Lipinski definition) is 3. The van der Waals surface area contributed by atoms with Crippen LogP contribution in [0.25, 0.3) is 11.3 Å². The maximum Gasteiger partial charge on any atom is 0.137 e. The Morgan fingerprint density at radius 2 is 1.77 bits per heavy atom. The first-order valence-electron chi connectivity index (χ1n) is 6.98. The van der Waals surface area contributed by atoms with E-state index >= 15 is 0 Å². The Kier molecular flexibility index (Phi) is 4.10. The highest BCUT2D eigenvalue weighted by Crippen LogP contribution is 2.25. The van der Waals surface area contributed by atoms with Crippen LogP contribution in [0.5, 0.6) is 5.75 Å². The van der Waals surface area contributed by atoms with E-state index < -0.39 is 0 Å². The molecule has 0 aliphatic carbocycles. The molecule has 4 heteroatoms. The minimum absolute atomic E-state index is 0.286. The summed E-state index contributed by atoms with van der Waals surface area (Å²) < 4.78 is 24.5. The fourth-order valence-corrected chi connectivity index (χ4v) is 2.18. The van der Waals surface area contributed by atoms with Gasteiger partial charge in [-0.2, -0.15) is 0 Å². The number of methoxy groups -OCH3 is 1. The predicted octanol–water partition coefficient (Wildman–Crippen LogP) is 4.71. The standard InChI is InChI=1S/C18H16FNO2/c1-21-14-8-6-13(7-9-14)20-12-15-10-11-18(22-15)16-4-2-3-5-17(16)19/h2-11,20H,12H2,1H3. The van der Waals surface area contributed by atoms with Crippen molar-refractivity contribution in [1.82, 2.24) is 0 Å². The summed E-state index contributed by atoms with van der Waals surface area (Å²) in [6.07, 6.45) is 0. The lowest BCUT2D eigenvalue weighted by molar-refractivity contribution is 0.415. The summed E-state index contributed by atoms with van der Waals surface area (Å²) >= 11 is 0. The van der Waals surface area contributed by atoms with Gasteiger partial charge in [0.25, 0.3) is 0 Å². The fourth-order valence-electron chi connectivity index (χ4n) is 2.18. The van der Waals surface area contributed by atoms with Gasteiger partial charge in [0, 0.05) is 5.69 Å². The van der Waals surface area contributed by atoms with Crippen LogP contribution in [0.4, 0.5) is 10.1 Å². The summed E-state index contributed by atoms with van der Waals surface area (Å²) in [5.74, 6) is 1.80. The highest BCUT2D eigenvalue weighted by Gasteiger charge is 2.08. The van der Waals surface area contributed by atoms with Crippen LogP contribution < -0.4 is 10.1 Å². The molecule has 0 saturated heterocycles. The Morgan fingerprint density at radius 3 is 2.50 bits per heavy atom. The molecule has 1 aromatic heterocycles. The second kappa shape index (κ2) is 6.35. The van der Waals surface area contributed by atoms with Gasteiger partial charge in [0.1, 0.15) is 23.1 Å². The zero-order valence-electron chi connectivity index (χ0n) is 12.2. The van der Waals surface area contributed by atoms with Gasteiger partial charge in [-0.25, -0.2) is 4.39 Å². The fraction of sp³-hybridized carbons (Fsp3) is 0.111. The van der Waals surface area contributed by atoms with Crippen LogP contribution in [0, 0.1) is 5.82 Å². The maximum absolute atomic E-state index is 13.7. The summed E-state index contributed by atoms with van der Waals surface area (Å²) in [7, 11) is 1.63. The molecule has 3 aromatic rings. The van der Waals surface area contributed by atoms with Gasteiger partial charge in [-0.05, 0) is 48.5 Å². The molecule has 3 nitrogen and oxygen atoms in total. The highest BCUT2D eigenvalue weighted by atomic mass is 19.1. The van der Waals surface area contributed by atoms with Gasteiger partial charge in [0.2, 0.25) is 0 Å². The number of anilines is 1. The van der Waals surface area contributed by atoms with Gasteiger partial charge in [0.15, 0.2) is 0 Å². The first-order chi connectivity index (χ1) is 10.8. The topological polar surface area (TPSA) is 34.4 Å². The van der Waals surface area contributed by atoms with E-state index in [9.17, 15) is 4.39 Å². The Hall–Kier alpha value is -2.75. The molecule has 0 spiro atoms. The zero-order chi connectivity index (χ0) is 15.4. The molecule has 1 N–H and O–H groups in total. The first kappa shape index (κ1) is 14.2. The van der Waals surface area contributed by atoms with E-state index in [1.807, 2.05) is 30.3 Å². The van der Waals surface area contributed by atoms with Crippen molar-refractivity contribution < 1.29 is 13.5 Å². The SMILES string of the molecule is COc1ccc(NCc2ccc(-c3ccccc3F)o2)cc1. The first-order valence-corrected chi connectivity index (χ1v) is 6.98. The van der Waals surface area contributed by atoms with Gasteiger partial charge in [0.05, 0.1) is 19.2 Å². The molecular weight excluding hydrogens is 281 g/mol. The summed E-state index contributed by atoms with van der Waals surface area (Å²) in [5, 5.41) is 3.25. The molecule has 1 heterocycles. The zero-order valence-corrected chi connectivity index (χ0v) is 12.2. The third-order valence-corrected chi connectivity index (χ3v) is 3.36. The minimum Gasteiger partial charge on any atom is -0.497 e. The molecule has 112 valence electrons. The number of nitrogens with one attached hydrogen (secondary N) is 1. The lowest BCUT2D eigenvalue weighted by Crippen LogP contribution is -1.97. The van der Waals surface area contributed by atoms with Crippen molar-refractivity contribution in [1.29, 1.82) is 0 Å². The molecule has 0 saturated carbocycles. The molecule has 0 unspecified atom stereocenters. The molecule has 0 atom stereocenters. The molecule has 2 aromatic carbocycles. The third-order valence-electron chi connectivity index (χ3n) is 3.36. The Balaban J connectivity index is 1.68. The minimum atomic E-state index is -0.286. The molecular formula is C18H16FNO2. The predicted molar refractivity (Wildman–Crippen MR) is 84.4 cm³/mol. The monoisotopic (exact) mass is 297 g/mol. The van der Waals surface area contributed by atoms with Gasteiger partial charge in [-0.3, -0.25) is 0 Å². The van der Waals surface area contributed by atoms with Crippen molar-refractivity contribution in [2.45, 2.75) is 6.54 Å². The normalized spacial score (nSPS) is 10.5. The average Bonchev–Trinajstić information content (AvgIpc) is 3.02. The van der Waals surface area contributed by atoms with E-state index in [4.69, 9.17) is 9.15 Å². The Morgan fingerprint density at radius 1 is 1.00 bits per heavy atom. The van der Waals surface area contributed by atoms with Crippen LogP contribution in [-0.2, 0) is 6.54 Å². The van der Waals surface area contributed by atoms with Gasteiger partial charge in [-0.15, -0.1) is 0 Å². The van der Waals surface area contributed by atoms with Crippen LogP contribution in [-0.4, -0.2) is 7.11 Å². The second-order valence-electron chi connectivity index (χ2n) is 4.83. The number of ether oxygens (including phenoxy) is 1. The van der Waals surface area contributed by atoms with E-state index in [2.05, 4.69) is 5.32 Å². The summed E-state index contributed by atoms with van der Waals surface area (Å²) in [6, 6.07) is 17.8. The second-order valence-corrected chi connectivity index (χ2v) is 4.83. The van der Waals surface area contributed by atoms with Crippen molar-refractivity contribution in [3.63, 3.8) is 0 Å². The molecule has 0 radical (unpaired) electrons. The van der Waals surface area contributed by atoms with Crippen molar-refractivity contribution in [2.75, 3.05) is 12.4 Å². The van der Waals surface area contributed by atoms with Gasteiger partial charge >= 0.3 is 0 Å². The molecule has 0 fully saturated rings. The maximum atomic E-state index is 13.7. The number of furan rings is 1.